The highest BCUT2D eigenvalue weighted by Crippen LogP contribution is 2.14. The Kier molecular flexibility index (Phi) is 4.72. The van der Waals surface area contributed by atoms with Crippen molar-refractivity contribution in [3.63, 3.8) is 0 Å². The van der Waals surface area contributed by atoms with Gasteiger partial charge >= 0.3 is 5.97 Å². The molecule has 1 amide bonds. The normalized spacial score (nSPS) is 10.2. The molecule has 0 bridgehead atoms. The van der Waals surface area contributed by atoms with Crippen LogP contribution in [0, 0.1) is 0 Å². The maximum atomic E-state index is 11.6. The molecule has 2 rings (SSSR count). The number of amides is 1. The second-order valence-corrected chi connectivity index (χ2v) is 4.84. The van der Waals surface area contributed by atoms with Crippen molar-refractivity contribution in [2.45, 2.75) is 0 Å². The van der Waals surface area contributed by atoms with E-state index in [-0.39, 0.29) is 17.4 Å². The molecule has 0 saturated heterocycles. The maximum Gasteiger partial charge on any atom is 0.313 e. The Morgan fingerprint density at radius 3 is 2.70 bits per heavy atom. The van der Waals surface area contributed by atoms with Crippen LogP contribution in [0.3, 0.4) is 0 Å². The highest BCUT2D eigenvalue weighted by atomic mass is 32.2. The highest BCUT2D eigenvalue weighted by Gasteiger charge is 2.05. The molecule has 0 fully saturated rings. The van der Waals surface area contributed by atoms with Gasteiger partial charge in [-0.1, -0.05) is 6.07 Å². The van der Waals surface area contributed by atoms with Crippen LogP contribution in [0.1, 0.15) is 0 Å². The minimum atomic E-state index is -0.933. The van der Waals surface area contributed by atoms with Crippen LogP contribution in [-0.4, -0.2) is 43.3 Å². The first-order valence-electron chi connectivity index (χ1n) is 5.69. The summed E-state index contributed by atoms with van der Waals surface area (Å²) in [5.74, 6) is -1.16. The fourth-order valence-corrected chi connectivity index (χ4v) is 2.04. The third-order valence-electron chi connectivity index (χ3n) is 2.31. The van der Waals surface area contributed by atoms with Crippen molar-refractivity contribution in [2.24, 2.45) is 0 Å². The molecular weight excluding hydrogens is 280 g/mol. The fourth-order valence-electron chi connectivity index (χ4n) is 1.51. The third-order valence-corrected chi connectivity index (χ3v) is 3.22. The average molecular weight is 292 g/mol. The van der Waals surface area contributed by atoms with E-state index in [0.717, 1.165) is 17.4 Å². The summed E-state index contributed by atoms with van der Waals surface area (Å²) in [6.07, 6.45) is 3.12. The number of carboxylic acid groups (broad SMARTS) is 1. The number of benzene rings is 1. The molecule has 2 aromatic rings. The molecule has 0 spiro atoms. The number of nitrogens with one attached hydrogen (secondary N) is 1. The van der Waals surface area contributed by atoms with Gasteiger partial charge in [-0.3, -0.25) is 14.2 Å². The van der Waals surface area contributed by atoms with E-state index in [0.29, 0.717) is 5.69 Å². The van der Waals surface area contributed by atoms with E-state index in [4.69, 9.17) is 5.11 Å². The van der Waals surface area contributed by atoms with Gasteiger partial charge in [0, 0.05) is 5.69 Å². The Morgan fingerprint density at radius 1 is 1.25 bits per heavy atom. The lowest BCUT2D eigenvalue weighted by molar-refractivity contribution is -0.133. The van der Waals surface area contributed by atoms with Gasteiger partial charge in [0.2, 0.25) is 5.91 Å². The zero-order chi connectivity index (χ0) is 14.4. The van der Waals surface area contributed by atoms with E-state index < -0.39 is 5.97 Å². The second-order valence-electron chi connectivity index (χ2n) is 3.85. The standard InChI is InChI=1S/C12H12N4O3S/c17-11(5-20-6-12(18)19)15-9-2-1-3-10(4-9)16-7-13-14-8-16/h1-4,7-8H,5-6H2,(H,15,17)(H,18,19). The van der Waals surface area contributed by atoms with E-state index >= 15 is 0 Å². The average Bonchev–Trinajstić information content (AvgIpc) is 2.92. The third kappa shape index (κ3) is 4.09. The maximum absolute atomic E-state index is 11.6. The van der Waals surface area contributed by atoms with Gasteiger partial charge in [0.15, 0.2) is 0 Å². The Labute approximate surface area is 119 Å². The molecule has 0 unspecified atom stereocenters. The molecule has 0 atom stereocenters. The number of anilines is 1. The molecule has 1 heterocycles. The minimum absolute atomic E-state index is 0.0891. The van der Waals surface area contributed by atoms with Gasteiger partial charge in [-0.05, 0) is 18.2 Å². The van der Waals surface area contributed by atoms with Gasteiger partial charge in [-0.15, -0.1) is 22.0 Å². The van der Waals surface area contributed by atoms with Crippen molar-refractivity contribution in [3.05, 3.63) is 36.9 Å². The first-order chi connectivity index (χ1) is 9.65. The number of nitrogens with zero attached hydrogens (tertiary/aromatic N) is 3. The summed E-state index contributed by atoms with van der Waals surface area (Å²) in [4.78, 5) is 22.0. The Balaban J connectivity index is 1.94. The summed E-state index contributed by atoms with van der Waals surface area (Å²) in [5.41, 5.74) is 1.46. The molecule has 0 radical (unpaired) electrons. The van der Waals surface area contributed by atoms with E-state index in [1.807, 2.05) is 6.07 Å². The van der Waals surface area contributed by atoms with Gasteiger partial charge in [-0.2, -0.15) is 0 Å². The first-order valence-corrected chi connectivity index (χ1v) is 6.85. The van der Waals surface area contributed by atoms with Crippen molar-refractivity contribution in [1.29, 1.82) is 0 Å². The predicted molar refractivity (Wildman–Crippen MR) is 74.9 cm³/mol. The number of aliphatic carboxylic acids is 1. The first kappa shape index (κ1) is 14.1. The van der Waals surface area contributed by atoms with Crippen LogP contribution in [-0.2, 0) is 9.59 Å². The monoisotopic (exact) mass is 292 g/mol. The molecular formula is C12H12N4O3S. The largest absolute Gasteiger partial charge is 0.481 e. The van der Waals surface area contributed by atoms with Crippen LogP contribution in [0.15, 0.2) is 36.9 Å². The number of hydrogen-bond acceptors (Lipinski definition) is 5. The summed E-state index contributed by atoms with van der Waals surface area (Å²) in [7, 11) is 0. The summed E-state index contributed by atoms with van der Waals surface area (Å²) < 4.78 is 1.72. The van der Waals surface area contributed by atoms with Gasteiger partial charge < -0.3 is 10.4 Å². The molecule has 7 nitrogen and oxygen atoms in total. The van der Waals surface area contributed by atoms with Crippen molar-refractivity contribution in [1.82, 2.24) is 14.8 Å². The molecule has 0 aliphatic heterocycles. The number of thioether (sulfide) groups is 1. The molecule has 1 aromatic heterocycles. The Morgan fingerprint density at radius 2 is 2.00 bits per heavy atom. The van der Waals surface area contributed by atoms with Crippen LogP contribution < -0.4 is 5.32 Å². The number of aromatic nitrogens is 3. The molecule has 0 aliphatic carbocycles. The van der Waals surface area contributed by atoms with E-state index in [9.17, 15) is 9.59 Å². The molecule has 2 N–H and O–H groups in total. The van der Waals surface area contributed by atoms with Crippen molar-refractivity contribution < 1.29 is 14.7 Å². The summed E-state index contributed by atoms with van der Waals surface area (Å²) in [6, 6.07) is 7.20. The molecule has 104 valence electrons. The summed E-state index contributed by atoms with van der Waals surface area (Å²) in [5, 5.41) is 18.6. The summed E-state index contributed by atoms with van der Waals surface area (Å²) >= 11 is 1.05. The minimum Gasteiger partial charge on any atom is -0.481 e. The van der Waals surface area contributed by atoms with E-state index in [2.05, 4.69) is 15.5 Å². The van der Waals surface area contributed by atoms with Gasteiger partial charge in [0.1, 0.15) is 12.7 Å². The van der Waals surface area contributed by atoms with Crippen molar-refractivity contribution >= 4 is 29.3 Å². The van der Waals surface area contributed by atoms with Gasteiger partial charge in [0.05, 0.1) is 17.2 Å². The fraction of sp³-hybridized carbons (Fsp3) is 0.167. The lowest BCUT2D eigenvalue weighted by Gasteiger charge is -2.07. The lowest BCUT2D eigenvalue weighted by Crippen LogP contribution is -2.15. The molecule has 0 aliphatic rings. The van der Waals surface area contributed by atoms with E-state index in [1.165, 1.54) is 0 Å². The zero-order valence-electron chi connectivity index (χ0n) is 10.4. The number of carboxylic acids is 1. The smallest absolute Gasteiger partial charge is 0.313 e. The highest BCUT2D eigenvalue weighted by molar-refractivity contribution is 8.00. The van der Waals surface area contributed by atoms with Crippen molar-refractivity contribution in [2.75, 3.05) is 16.8 Å². The number of rotatable bonds is 6. The van der Waals surface area contributed by atoms with Crippen LogP contribution in [0.2, 0.25) is 0 Å². The van der Waals surface area contributed by atoms with Crippen molar-refractivity contribution in [3.8, 4) is 5.69 Å². The number of hydrogen-bond donors (Lipinski definition) is 2. The van der Waals surface area contributed by atoms with Crippen LogP contribution in [0.25, 0.3) is 5.69 Å². The Bertz CT molecular complexity index is 601. The Hall–Kier alpha value is -2.35. The number of carbonyl (C=O) groups excluding carboxylic acids is 1. The number of carbonyl (C=O) groups is 2. The van der Waals surface area contributed by atoms with Crippen LogP contribution in [0.5, 0.6) is 0 Å². The molecule has 1 aromatic carbocycles. The van der Waals surface area contributed by atoms with Gasteiger partial charge in [0.25, 0.3) is 0 Å². The van der Waals surface area contributed by atoms with Gasteiger partial charge in [-0.25, -0.2) is 0 Å². The van der Waals surface area contributed by atoms with Crippen LogP contribution in [0.4, 0.5) is 5.69 Å². The van der Waals surface area contributed by atoms with E-state index in [1.54, 1.807) is 35.4 Å². The molecule has 20 heavy (non-hydrogen) atoms. The topological polar surface area (TPSA) is 97.1 Å². The summed E-state index contributed by atoms with van der Waals surface area (Å²) in [6.45, 7) is 0. The molecule has 0 saturated carbocycles. The SMILES string of the molecule is O=C(O)CSCC(=O)Nc1cccc(-n2cnnc2)c1. The predicted octanol–water partition coefficient (Wildman–Crippen LogP) is 1.02. The second kappa shape index (κ2) is 6.71. The lowest BCUT2D eigenvalue weighted by atomic mass is 10.2. The quantitative estimate of drug-likeness (QED) is 0.825. The zero-order valence-corrected chi connectivity index (χ0v) is 11.2. The molecule has 8 heteroatoms. The van der Waals surface area contributed by atoms with Crippen LogP contribution >= 0.6 is 11.8 Å².